The molecule has 3 aromatic rings. The summed E-state index contributed by atoms with van der Waals surface area (Å²) in [5.74, 6) is 2.52. The summed E-state index contributed by atoms with van der Waals surface area (Å²) in [4.78, 5) is 17.0. The first-order valence-electron chi connectivity index (χ1n) is 13.3. The van der Waals surface area contributed by atoms with Gasteiger partial charge in [-0.05, 0) is 85.2 Å². The molecule has 1 amide bonds. The number of thioether (sulfide) groups is 1. The van der Waals surface area contributed by atoms with Gasteiger partial charge in [0.25, 0.3) is 5.91 Å². The van der Waals surface area contributed by atoms with Crippen LogP contribution in [0.2, 0.25) is 0 Å². The number of fused-ring (bicyclic) bond motifs is 2. The zero-order chi connectivity index (χ0) is 25.2. The Morgan fingerprint density at radius 2 is 1.64 bits per heavy atom. The van der Waals surface area contributed by atoms with E-state index in [4.69, 9.17) is 4.74 Å². The zero-order valence-electron chi connectivity index (χ0n) is 21.9. The van der Waals surface area contributed by atoms with Crippen molar-refractivity contribution in [1.82, 2.24) is 4.90 Å². The van der Waals surface area contributed by atoms with Crippen molar-refractivity contribution in [2.45, 2.75) is 88.1 Å². The Morgan fingerprint density at radius 1 is 0.944 bits per heavy atom. The second kappa shape index (κ2) is 10.7. The summed E-state index contributed by atoms with van der Waals surface area (Å²) in [6.07, 6.45) is 4.16. The quantitative estimate of drug-likeness (QED) is 0.309. The van der Waals surface area contributed by atoms with Crippen molar-refractivity contribution in [3.05, 3.63) is 94.5 Å². The first kappa shape index (κ1) is 25.0. The number of hydrogen-bond donors (Lipinski definition) is 0. The summed E-state index contributed by atoms with van der Waals surface area (Å²) in [5, 5.41) is 0. The van der Waals surface area contributed by atoms with Crippen molar-refractivity contribution in [3.63, 3.8) is 0 Å². The lowest BCUT2D eigenvalue weighted by Crippen LogP contribution is -2.49. The van der Waals surface area contributed by atoms with Gasteiger partial charge >= 0.3 is 0 Å². The van der Waals surface area contributed by atoms with Crippen molar-refractivity contribution in [3.8, 4) is 5.75 Å². The second-order valence-corrected chi connectivity index (χ2v) is 11.8. The summed E-state index contributed by atoms with van der Waals surface area (Å²) in [6, 6.07) is 23.8. The third-order valence-corrected chi connectivity index (χ3v) is 8.91. The fraction of sp³-hybridized carbons (Fsp3) is 0.406. The lowest BCUT2D eigenvalue weighted by molar-refractivity contribution is 0.0356. The van der Waals surface area contributed by atoms with Crippen molar-refractivity contribution < 1.29 is 9.53 Å². The summed E-state index contributed by atoms with van der Waals surface area (Å²) in [7, 11) is 0. The number of aryl methyl sites for hydroxylation is 2. The molecule has 4 heteroatoms. The van der Waals surface area contributed by atoms with Crippen LogP contribution >= 0.6 is 11.8 Å². The van der Waals surface area contributed by atoms with Crippen LogP contribution in [0.5, 0.6) is 5.75 Å². The van der Waals surface area contributed by atoms with Crippen LogP contribution in [-0.4, -0.2) is 29.0 Å². The number of rotatable bonds is 7. The molecule has 2 aliphatic rings. The Hall–Kier alpha value is -2.72. The molecule has 0 aliphatic carbocycles. The van der Waals surface area contributed by atoms with Crippen LogP contribution in [0.1, 0.15) is 78.1 Å². The third kappa shape index (κ3) is 5.34. The Labute approximate surface area is 220 Å². The van der Waals surface area contributed by atoms with Gasteiger partial charge in [0.1, 0.15) is 11.9 Å². The Morgan fingerprint density at radius 3 is 2.31 bits per heavy atom. The van der Waals surface area contributed by atoms with Crippen LogP contribution in [0, 0.1) is 13.8 Å². The number of nitrogens with zero attached hydrogens (tertiary/aromatic N) is 1. The molecule has 36 heavy (non-hydrogen) atoms. The first-order chi connectivity index (χ1) is 17.4. The van der Waals surface area contributed by atoms with Crippen LogP contribution in [0.25, 0.3) is 0 Å². The number of hydrogen-bond acceptors (Lipinski definition) is 3. The molecule has 5 rings (SSSR count). The highest BCUT2D eigenvalue weighted by atomic mass is 32.2. The van der Waals surface area contributed by atoms with Gasteiger partial charge in [0.2, 0.25) is 0 Å². The average molecular weight is 500 g/mol. The fourth-order valence-corrected chi connectivity index (χ4v) is 6.61. The van der Waals surface area contributed by atoms with E-state index in [1.165, 1.54) is 27.1 Å². The van der Waals surface area contributed by atoms with E-state index >= 15 is 0 Å². The molecule has 2 saturated heterocycles. The van der Waals surface area contributed by atoms with Crippen LogP contribution in [0.3, 0.4) is 0 Å². The standard InChI is InChI=1S/C32H37NO2S/c1-21(2)30-7-5-6-8-31(30)35-28-18-26-14-15-27(19-28)33(26)32(34)25-12-10-24(11-13-25)20-36-29-16-9-22(3)23(4)17-29/h5-13,16-17,21,26-28H,14-15,18-20H2,1-4H3. The maximum Gasteiger partial charge on any atom is 0.254 e. The van der Waals surface area contributed by atoms with E-state index in [1.54, 1.807) is 0 Å². The SMILES string of the molecule is Cc1ccc(SCc2ccc(C(=O)N3C4CCC3CC(Oc3ccccc3C(C)C)C4)cc2)cc1C. The van der Waals surface area contributed by atoms with Crippen molar-refractivity contribution in [2.24, 2.45) is 0 Å². The molecular formula is C32H37NO2S. The molecule has 0 N–H and O–H groups in total. The molecule has 0 radical (unpaired) electrons. The second-order valence-electron chi connectivity index (χ2n) is 10.7. The Bertz CT molecular complexity index is 1210. The first-order valence-corrected chi connectivity index (χ1v) is 14.2. The highest BCUT2D eigenvalue weighted by Crippen LogP contribution is 2.39. The molecule has 2 unspecified atom stereocenters. The highest BCUT2D eigenvalue weighted by molar-refractivity contribution is 7.98. The van der Waals surface area contributed by atoms with Crippen molar-refractivity contribution >= 4 is 17.7 Å². The van der Waals surface area contributed by atoms with Gasteiger partial charge in [0.05, 0.1) is 0 Å². The van der Waals surface area contributed by atoms with Gasteiger partial charge in [-0.2, -0.15) is 0 Å². The monoisotopic (exact) mass is 499 g/mol. The van der Waals surface area contributed by atoms with Crippen LogP contribution in [0.15, 0.2) is 71.6 Å². The Kier molecular flexibility index (Phi) is 7.43. The van der Waals surface area contributed by atoms with Crippen LogP contribution in [-0.2, 0) is 5.75 Å². The summed E-state index contributed by atoms with van der Waals surface area (Å²) in [5.41, 5.74) is 5.96. The largest absolute Gasteiger partial charge is 0.490 e. The number of ether oxygens (including phenoxy) is 1. The molecule has 2 atom stereocenters. The molecule has 3 nitrogen and oxygen atoms in total. The average Bonchev–Trinajstić information content (AvgIpc) is 3.14. The van der Waals surface area contributed by atoms with E-state index in [2.05, 4.69) is 87.2 Å². The Balaban J connectivity index is 1.20. The molecule has 3 aromatic carbocycles. The zero-order valence-corrected chi connectivity index (χ0v) is 22.7. The van der Waals surface area contributed by atoms with E-state index in [0.29, 0.717) is 5.92 Å². The molecule has 2 heterocycles. The predicted molar refractivity (Wildman–Crippen MR) is 149 cm³/mol. The van der Waals surface area contributed by atoms with E-state index < -0.39 is 0 Å². The van der Waals surface area contributed by atoms with Crippen molar-refractivity contribution in [2.75, 3.05) is 0 Å². The van der Waals surface area contributed by atoms with Gasteiger partial charge in [-0.3, -0.25) is 4.79 Å². The molecule has 0 saturated carbocycles. The summed E-state index contributed by atoms with van der Waals surface area (Å²) < 4.78 is 6.52. The van der Waals surface area contributed by atoms with Crippen LogP contribution in [0.4, 0.5) is 0 Å². The fourth-order valence-electron chi connectivity index (χ4n) is 5.66. The molecule has 0 spiro atoms. The van der Waals surface area contributed by atoms with Gasteiger partial charge in [-0.25, -0.2) is 0 Å². The molecular weight excluding hydrogens is 462 g/mol. The van der Waals surface area contributed by atoms with Gasteiger partial charge < -0.3 is 9.64 Å². The lowest BCUT2D eigenvalue weighted by atomic mass is 9.97. The number of para-hydroxylation sites is 1. The molecule has 2 bridgehead atoms. The summed E-state index contributed by atoms with van der Waals surface area (Å²) in [6.45, 7) is 8.72. The minimum atomic E-state index is 0.177. The normalized spacial score (nSPS) is 21.1. The maximum absolute atomic E-state index is 13.5. The minimum Gasteiger partial charge on any atom is -0.490 e. The molecule has 188 valence electrons. The minimum absolute atomic E-state index is 0.177. The number of piperidine rings is 1. The van der Waals surface area contributed by atoms with Gasteiger partial charge in [0.15, 0.2) is 0 Å². The number of carbonyl (C=O) groups is 1. The smallest absolute Gasteiger partial charge is 0.254 e. The van der Waals surface area contributed by atoms with Crippen molar-refractivity contribution in [1.29, 1.82) is 0 Å². The van der Waals surface area contributed by atoms with E-state index in [-0.39, 0.29) is 24.1 Å². The van der Waals surface area contributed by atoms with Gasteiger partial charge in [-0.1, -0.05) is 50.2 Å². The van der Waals surface area contributed by atoms with E-state index in [0.717, 1.165) is 42.7 Å². The van der Waals surface area contributed by atoms with Gasteiger partial charge in [0, 0.05) is 41.1 Å². The topological polar surface area (TPSA) is 29.5 Å². The number of benzene rings is 3. The van der Waals surface area contributed by atoms with E-state index in [9.17, 15) is 4.79 Å². The van der Waals surface area contributed by atoms with Crippen LogP contribution < -0.4 is 4.74 Å². The molecule has 0 aromatic heterocycles. The predicted octanol–water partition coefficient (Wildman–Crippen LogP) is 7.93. The number of amides is 1. The molecule has 2 fully saturated rings. The summed E-state index contributed by atoms with van der Waals surface area (Å²) >= 11 is 1.84. The number of carbonyl (C=O) groups excluding carboxylic acids is 1. The lowest BCUT2D eigenvalue weighted by Gasteiger charge is -2.39. The van der Waals surface area contributed by atoms with Gasteiger partial charge in [-0.15, -0.1) is 11.8 Å². The highest BCUT2D eigenvalue weighted by Gasteiger charge is 2.44. The molecule has 2 aliphatic heterocycles. The maximum atomic E-state index is 13.5. The van der Waals surface area contributed by atoms with E-state index in [1.807, 2.05) is 23.9 Å². The third-order valence-electron chi connectivity index (χ3n) is 7.84.